The molecule has 2 rings (SSSR count). The molecule has 2 aromatic rings. The molecule has 0 fully saturated rings. The van der Waals surface area contributed by atoms with E-state index in [9.17, 15) is 18.0 Å². The fourth-order valence-corrected chi connectivity index (χ4v) is 2.98. The number of hydrogen-bond donors (Lipinski definition) is 1. The van der Waals surface area contributed by atoms with Crippen molar-refractivity contribution in [2.45, 2.75) is 19.6 Å². The van der Waals surface area contributed by atoms with E-state index in [4.69, 9.17) is 0 Å². The van der Waals surface area contributed by atoms with Gasteiger partial charge in [0.2, 0.25) is 0 Å². The van der Waals surface area contributed by atoms with Crippen LogP contribution in [0, 0.1) is 6.92 Å². The van der Waals surface area contributed by atoms with Crippen molar-refractivity contribution in [1.82, 2.24) is 9.27 Å². The first-order valence-electron chi connectivity index (χ1n) is 6.80. The molecule has 1 aromatic carbocycles. The zero-order valence-corrected chi connectivity index (χ0v) is 13.7. The zero-order valence-electron chi connectivity index (χ0n) is 12.9. The lowest BCUT2D eigenvalue weighted by Crippen LogP contribution is -2.28. The third-order valence-electron chi connectivity index (χ3n) is 3.38. The normalized spacial score (nSPS) is 11.4. The number of amides is 1. The van der Waals surface area contributed by atoms with Crippen LogP contribution in [-0.2, 0) is 12.7 Å². The number of carbonyl (C=O) groups excluding carboxylic acids is 1. The minimum absolute atomic E-state index is 0.0581. The topological polar surface area (TPSA) is 45.2 Å². The Morgan fingerprint density at radius 1 is 1.35 bits per heavy atom. The molecule has 0 aliphatic heterocycles. The quantitative estimate of drug-likeness (QED) is 0.919. The Kier molecular flexibility index (Phi) is 4.93. The zero-order chi connectivity index (χ0) is 17.2. The van der Waals surface area contributed by atoms with Crippen LogP contribution < -0.4 is 5.32 Å². The molecule has 8 heteroatoms. The number of rotatable bonds is 4. The van der Waals surface area contributed by atoms with E-state index in [1.165, 1.54) is 30.1 Å². The van der Waals surface area contributed by atoms with Gasteiger partial charge in [0, 0.05) is 20.6 Å². The lowest BCUT2D eigenvalue weighted by Gasteiger charge is -2.20. The standard InChI is InChI=1S/C15H16F3N3OS/c1-9-12(13(19-2)23-20-9)14(22)21(3)8-10-6-4-5-7-11(10)15(16,17)18/h4-7,19H,8H2,1-3H3. The third-order valence-corrected chi connectivity index (χ3v) is 4.34. The smallest absolute Gasteiger partial charge is 0.378 e. The molecule has 0 atom stereocenters. The molecule has 0 radical (unpaired) electrons. The molecule has 0 aliphatic carbocycles. The van der Waals surface area contributed by atoms with E-state index in [0.717, 1.165) is 17.6 Å². The molecule has 4 nitrogen and oxygen atoms in total. The van der Waals surface area contributed by atoms with Crippen LogP contribution in [0.15, 0.2) is 24.3 Å². The number of hydrogen-bond acceptors (Lipinski definition) is 4. The van der Waals surface area contributed by atoms with Crippen LogP contribution >= 0.6 is 11.5 Å². The van der Waals surface area contributed by atoms with Gasteiger partial charge in [-0.1, -0.05) is 18.2 Å². The van der Waals surface area contributed by atoms with Gasteiger partial charge < -0.3 is 10.2 Å². The first-order chi connectivity index (χ1) is 10.8. The number of aromatic nitrogens is 1. The van der Waals surface area contributed by atoms with E-state index in [1.54, 1.807) is 14.0 Å². The summed E-state index contributed by atoms with van der Waals surface area (Å²) in [6.07, 6.45) is -4.45. The maximum atomic E-state index is 13.0. The summed E-state index contributed by atoms with van der Waals surface area (Å²) < 4.78 is 43.2. The summed E-state index contributed by atoms with van der Waals surface area (Å²) in [6.45, 7) is 1.56. The van der Waals surface area contributed by atoms with Gasteiger partial charge in [-0.2, -0.15) is 17.5 Å². The summed E-state index contributed by atoms with van der Waals surface area (Å²) in [5, 5.41) is 3.48. The summed E-state index contributed by atoms with van der Waals surface area (Å²) in [4.78, 5) is 13.8. The Morgan fingerprint density at radius 3 is 2.61 bits per heavy atom. The Bertz CT molecular complexity index is 712. The van der Waals surface area contributed by atoms with Gasteiger partial charge in [0.25, 0.3) is 5.91 Å². The van der Waals surface area contributed by atoms with E-state index in [-0.39, 0.29) is 18.0 Å². The summed E-state index contributed by atoms with van der Waals surface area (Å²) in [7, 11) is 3.15. The molecule has 0 saturated carbocycles. The fraction of sp³-hybridized carbons (Fsp3) is 0.333. The largest absolute Gasteiger partial charge is 0.416 e. The number of nitrogens with zero attached hydrogens (tertiary/aromatic N) is 2. The van der Waals surface area contributed by atoms with Crippen LogP contribution in [0.5, 0.6) is 0 Å². The van der Waals surface area contributed by atoms with Crippen LogP contribution in [0.25, 0.3) is 0 Å². The second-order valence-electron chi connectivity index (χ2n) is 5.04. The first kappa shape index (κ1) is 17.3. The van der Waals surface area contributed by atoms with Crippen LogP contribution in [0.1, 0.15) is 27.2 Å². The molecule has 124 valence electrons. The molecule has 0 bridgehead atoms. The number of carbonyl (C=O) groups is 1. The fourth-order valence-electron chi connectivity index (χ4n) is 2.25. The van der Waals surface area contributed by atoms with Crippen molar-refractivity contribution in [2.75, 3.05) is 19.4 Å². The molecule has 23 heavy (non-hydrogen) atoms. The van der Waals surface area contributed by atoms with Crippen molar-refractivity contribution < 1.29 is 18.0 Å². The van der Waals surface area contributed by atoms with Gasteiger partial charge in [-0.15, -0.1) is 0 Å². The maximum Gasteiger partial charge on any atom is 0.416 e. The minimum atomic E-state index is -4.45. The van der Waals surface area contributed by atoms with E-state index < -0.39 is 11.7 Å². The summed E-state index contributed by atoms with van der Waals surface area (Å²) >= 11 is 1.15. The summed E-state index contributed by atoms with van der Waals surface area (Å²) in [6, 6.07) is 5.26. The molecular formula is C15H16F3N3OS. The van der Waals surface area contributed by atoms with Crippen LogP contribution in [0.4, 0.5) is 18.2 Å². The minimum Gasteiger partial charge on any atom is -0.378 e. The molecule has 1 amide bonds. The van der Waals surface area contributed by atoms with Gasteiger partial charge in [-0.3, -0.25) is 4.79 Å². The van der Waals surface area contributed by atoms with Crippen LogP contribution in [0.3, 0.4) is 0 Å². The third kappa shape index (κ3) is 3.64. The predicted molar refractivity (Wildman–Crippen MR) is 83.6 cm³/mol. The number of aryl methyl sites for hydroxylation is 1. The maximum absolute atomic E-state index is 13.0. The van der Waals surface area contributed by atoms with Gasteiger partial charge in [0.05, 0.1) is 16.8 Å². The molecule has 1 heterocycles. The lowest BCUT2D eigenvalue weighted by molar-refractivity contribution is -0.138. The summed E-state index contributed by atoms with van der Waals surface area (Å²) in [5.41, 5.74) is 0.279. The number of benzene rings is 1. The van der Waals surface area contributed by atoms with Gasteiger partial charge >= 0.3 is 6.18 Å². The Morgan fingerprint density at radius 2 is 2.00 bits per heavy atom. The SMILES string of the molecule is CNc1snc(C)c1C(=O)N(C)Cc1ccccc1C(F)(F)F. The Hall–Kier alpha value is -2.09. The van der Waals surface area contributed by atoms with Crippen molar-refractivity contribution in [1.29, 1.82) is 0 Å². The molecule has 1 aromatic heterocycles. The lowest BCUT2D eigenvalue weighted by atomic mass is 10.1. The molecular weight excluding hydrogens is 327 g/mol. The second kappa shape index (κ2) is 6.57. The highest BCUT2D eigenvalue weighted by atomic mass is 32.1. The Labute approximate surface area is 136 Å². The monoisotopic (exact) mass is 343 g/mol. The van der Waals surface area contributed by atoms with Crippen molar-refractivity contribution >= 4 is 22.4 Å². The highest BCUT2D eigenvalue weighted by molar-refractivity contribution is 7.10. The first-order valence-corrected chi connectivity index (χ1v) is 7.57. The average Bonchev–Trinajstić information content (AvgIpc) is 2.86. The van der Waals surface area contributed by atoms with Gasteiger partial charge in [-0.05, 0) is 30.1 Å². The summed E-state index contributed by atoms with van der Waals surface area (Å²) in [5.74, 6) is -0.363. The number of nitrogens with one attached hydrogen (secondary N) is 1. The van der Waals surface area contributed by atoms with E-state index in [1.807, 2.05) is 0 Å². The number of alkyl halides is 3. The predicted octanol–water partition coefficient (Wildman–Crippen LogP) is 3.78. The molecule has 0 unspecified atom stereocenters. The number of halogens is 3. The second-order valence-corrected chi connectivity index (χ2v) is 5.81. The van der Waals surface area contributed by atoms with Crippen molar-refractivity contribution in [3.05, 3.63) is 46.6 Å². The highest BCUT2D eigenvalue weighted by Gasteiger charge is 2.33. The van der Waals surface area contributed by atoms with E-state index in [2.05, 4.69) is 9.69 Å². The molecule has 0 spiro atoms. The Balaban J connectivity index is 2.28. The van der Waals surface area contributed by atoms with E-state index >= 15 is 0 Å². The van der Waals surface area contributed by atoms with Crippen LogP contribution in [0.2, 0.25) is 0 Å². The number of anilines is 1. The van der Waals surface area contributed by atoms with Gasteiger partial charge in [-0.25, -0.2) is 0 Å². The average molecular weight is 343 g/mol. The molecule has 0 aliphatic rings. The van der Waals surface area contributed by atoms with Crippen molar-refractivity contribution in [2.24, 2.45) is 0 Å². The molecule has 0 saturated heterocycles. The van der Waals surface area contributed by atoms with Crippen molar-refractivity contribution in [3.63, 3.8) is 0 Å². The molecule has 1 N–H and O–H groups in total. The van der Waals surface area contributed by atoms with Gasteiger partial charge in [0.1, 0.15) is 5.00 Å². The highest BCUT2D eigenvalue weighted by Crippen LogP contribution is 2.33. The van der Waals surface area contributed by atoms with Crippen molar-refractivity contribution in [3.8, 4) is 0 Å². The van der Waals surface area contributed by atoms with Crippen LogP contribution in [-0.4, -0.2) is 29.3 Å². The van der Waals surface area contributed by atoms with Gasteiger partial charge in [0.15, 0.2) is 0 Å². The van der Waals surface area contributed by atoms with E-state index in [0.29, 0.717) is 16.3 Å².